The van der Waals surface area contributed by atoms with Gasteiger partial charge in [-0.3, -0.25) is 4.79 Å². The van der Waals surface area contributed by atoms with Gasteiger partial charge in [-0.1, -0.05) is 11.8 Å². The first-order valence-corrected chi connectivity index (χ1v) is 5.25. The van der Waals surface area contributed by atoms with Crippen LogP contribution in [0, 0.1) is 0 Å². The van der Waals surface area contributed by atoms with Crippen LogP contribution in [0.4, 0.5) is 0 Å². The Morgan fingerprint density at radius 1 is 1.57 bits per heavy atom. The van der Waals surface area contributed by atoms with E-state index in [-0.39, 0.29) is 17.2 Å². The van der Waals surface area contributed by atoms with E-state index in [0.717, 1.165) is 5.16 Å². The average molecular weight is 214 g/mol. The number of amides is 1. The Morgan fingerprint density at radius 2 is 2.21 bits per heavy atom. The Labute approximate surface area is 87.1 Å². The minimum Gasteiger partial charge on any atom is -0.369 e. The second kappa shape index (κ2) is 4.45. The molecule has 2 N–H and O–H groups in total. The first-order valence-electron chi connectivity index (χ1n) is 4.38. The number of hydrogen-bond donors (Lipinski definition) is 1. The molecule has 78 valence electrons. The molecule has 0 fully saturated rings. The standard InChI is InChI=1S/C8H14N4OS/c1-5(2)12-4-10-11-8(12)14-6(3)7(9)13/h4-6H,1-3H3,(H2,9,13)/t6-/m0/s1. The molecular formula is C8H14N4OS. The number of thioether (sulfide) groups is 1. The third kappa shape index (κ3) is 2.47. The van der Waals surface area contributed by atoms with Crippen LogP contribution in [0.3, 0.4) is 0 Å². The lowest BCUT2D eigenvalue weighted by atomic mass is 10.4. The summed E-state index contributed by atoms with van der Waals surface area (Å²) in [5.41, 5.74) is 5.16. The number of nitrogens with zero attached hydrogens (tertiary/aromatic N) is 3. The molecule has 0 spiro atoms. The Bertz CT molecular complexity index is 323. The van der Waals surface area contributed by atoms with E-state index in [1.807, 2.05) is 18.4 Å². The van der Waals surface area contributed by atoms with Crippen LogP contribution in [0.2, 0.25) is 0 Å². The fraction of sp³-hybridized carbons (Fsp3) is 0.625. The van der Waals surface area contributed by atoms with Gasteiger partial charge in [-0.05, 0) is 20.8 Å². The zero-order chi connectivity index (χ0) is 10.7. The molecule has 1 rings (SSSR count). The summed E-state index contributed by atoms with van der Waals surface area (Å²) < 4.78 is 1.91. The summed E-state index contributed by atoms with van der Waals surface area (Å²) in [4.78, 5) is 10.9. The van der Waals surface area contributed by atoms with Gasteiger partial charge < -0.3 is 10.3 Å². The van der Waals surface area contributed by atoms with E-state index < -0.39 is 0 Å². The number of aromatic nitrogens is 3. The molecule has 0 bridgehead atoms. The average Bonchev–Trinajstić information content (AvgIpc) is 2.52. The minimum absolute atomic E-state index is 0.281. The molecule has 1 aromatic heterocycles. The van der Waals surface area contributed by atoms with Gasteiger partial charge in [0.2, 0.25) is 5.91 Å². The Balaban J connectivity index is 2.76. The molecule has 0 radical (unpaired) electrons. The number of hydrogen-bond acceptors (Lipinski definition) is 4. The fourth-order valence-electron chi connectivity index (χ4n) is 0.887. The maximum Gasteiger partial charge on any atom is 0.230 e. The highest BCUT2D eigenvalue weighted by Gasteiger charge is 2.15. The topological polar surface area (TPSA) is 73.8 Å². The van der Waals surface area contributed by atoms with Crippen molar-refractivity contribution in [2.75, 3.05) is 0 Å². The lowest BCUT2D eigenvalue weighted by molar-refractivity contribution is -0.117. The normalized spacial score (nSPS) is 13.1. The molecule has 1 aromatic rings. The van der Waals surface area contributed by atoms with Crippen molar-refractivity contribution in [2.45, 2.75) is 37.2 Å². The molecule has 0 aliphatic carbocycles. The van der Waals surface area contributed by atoms with Crippen LogP contribution < -0.4 is 5.73 Å². The van der Waals surface area contributed by atoms with Crippen LogP contribution in [0.15, 0.2) is 11.5 Å². The van der Waals surface area contributed by atoms with Crippen molar-refractivity contribution in [1.29, 1.82) is 0 Å². The number of primary amides is 1. The van der Waals surface area contributed by atoms with Crippen molar-refractivity contribution in [3.63, 3.8) is 0 Å². The summed E-state index contributed by atoms with van der Waals surface area (Å²) in [5, 5.41) is 8.17. The molecule has 0 aromatic carbocycles. The van der Waals surface area contributed by atoms with Gasteiger partial charge in [0.25, 0.3) is 0 Å². The van der Waals surface area contributed by atoms with Gasteiger partial charge in [-0.25, -0.2) is 0 Å². The molecule has 14 heavy (non-hydrogen) atoms. The van der Waals surface area contributed by atoms with Crippen LogP contribution in [0.5, 0.6) is 0 Å². The summed E-state index contributed by atoms with van der Waals surface area (Å²) >= 11 is 1.33. The highest BCUT2D eigenvalue weighted by atomic mass is 32.2. The lowest BCUT2D eigenvalue weighted by Gasteiger charge is -2.11. The molecule has 6 heteroatoms. The molecule has 1 atom stereocenters. The molecule has 1 heterocycles. The zero-order valence-corrected chi connectivity index (χ0v) is 9.28. The quantitative estimate of drug-likeness (QED) is 0.753. The van der Waals surface area contributed by atoms with Gasteiger partial charge in [-0.2, -0.15) is 0 Å². The summed E-state index contributed by atoms with van der Waals surface area (Å²) in [6.45, 7) is 5.82. The van der Waals surface area contributed by atoms with Gasteiger partial charge >= 0.3 is 0 Å². The number of carbonyl (C=O) groups is 1. The molecular weight excluding hydrogens is 200 g/mol. The smallest absolute Gasteiger partial charge is 0.230 e. The van der Waals surface area contributed by atoms with Gasteiger partial charge in [0.15, 0.2) is 5.16 Å². The second-order valence-corrected chi connectivity index (χ2v) is 4.58. The monoisotopic (exact) mass is 214 g/mol. The van der Waals surface area contributed by atoms with E-state index in [1.165, 1.54) is 11.8 Å². The van der Waals surface area contributed by atoms with E-state index in [2.05, 4.69) is 10.2 Å². The Morgan fingerprint density at radius 3 is 2.71 bits per heavy atom. The molecule has 0 aliphatic rings. The Kier molecular flexibility index (Phi) is 3.51. The highest BCUT2D eigenvalue weighted by Crippen LogP contribution is 2.22. The van der Waals surface area contributed by atoms with Gasteiger partial charge in [0, 0.05) is 6.04 Å². The maximum atomic E-state index is 10.9. The number of rotatable bonds is 4. The van der Waals surface area contributed by atoms with Gasteiger partial charge in [-0.15, -0.1) is 10.2 Å². The van der Waals surface area contributed by atoms with E-state index >= 15 is 0 Å². The molecule has 1 amide bonds. The van der Waals surface area contributed by atoms with Crippen LogP contribution in [-0.4, -0.2) is 25.9 Å². The maximum absolute atomic E-state index is 10.9. The van der Waals surface area contributed by atoms with Crippen LogP contribution >= 0.6 is 11.8 Å². The molecule has 0 unspecified atom stereocenters. The molecule has 0 saturated heterocycles. The first kappa shape index (κ1) is 11.0. The fourth-order valence-corrected chi connectivity index (χ4v) is 1.79. The molecule has 0 aliphatic heterocycles. The summed E-state index contributed by atoms with van der Waals surface area (Å²) in [7, 11) is 0. The zero-order valence-electron chi connectivity index (χ0n) is 8.47. The first-order chi connectivity index (χ1) is 6.52. The lowest BCUT2D eigenvalue weighted by Crippen LogP contribution is -2.23. The van der Waals surface area contributed by atoms with E-state index in [9.17, 15) is 4.79 Å². The predicted octanol–water partition coefficient (Wildman–Crippen LogP) is 0.825. The third-order valence-corrected chi connectivity index (χ3v) is 2.87. The van der Waals surface area contributed by atoms with Crippen molar-refractivity contribution in [2.24, 2.45) is 5.73 Å². The minimum atomic E-state index is -0.340. The summed E-state index contributed by atoms with van der Waals surface area (Å²) in [6, 6.07) is 0.285. The van der Waals surface area contributed by atoms with Crippen LogP contribution in [0.25, 0.3) is 0 Å². The Hall–Kier alpha value is -1.04. The van der Waals surface area contributed by atoms with Crippen molar-refractivity contribution in [3.8, 4) is 0 Å². The van der Waals surface area contributed by atoms with Crippen molar-refractivity contribution >= 4 is 17.7 Å². The van der Waals surface area contributed by atoms with Gasteiger partial charge in [0.1, 0.15) is 6.33 Å². The van der Waals surface area contributed by atoms with E-state index in [0.29, 0.717) is 0 Å². The highest BCUT2D eigenvalue weighted by molar-refractivity contribution is 8.00. The largest absolute Gasteiger partial charge is 0.369 e. The molecule has 5 nitrogen and oxygen atoms in total. The number of nitrogens with two attached hydrogens (primary N) is 1. The molecule has 0 saturated carbocycles. The van der Waals surface area contributed by atoms with Crippen molar-refractivity contribution in [3.05, 3.63) is 6.33 Å². The van der Waals surface area contributed by atoms with Crippen LogP contribution in [-0.2, 0) is 4.79 Å². The van der Waals surface area contributed by atoms with Crippen molar-refractivity contribution < 1.29 is 4.79 Å². The summed E-state index contributed by atoms with van der Waals surface area (Å²) in [6.07, 6.45) is 1.65. The second-order valence-electron chi connectivity index (χ2n) is 3.28. The van der Waals surface area contributed by atoms with E-state index in [4.69, 9.17) is 5.73 Å². The van der Waals surface area contributed by atoms with Crippen LogP contribution in [0.1, 0.15) is 26.8 Å². The van der Waals surface area contributed by atoms with Crippen molar-refractivity contribution in [1.82, 2.24) is 14.8 Å². The SMILES string of the molecule is CC(C)n1cnnc1S[C@@H](C)C(N)=O. The summed E-state index contributed by atoms with van der Waals surface area (Å²) in [5.74, 6) is -0.340. The third-order valence-electron chi connectivity index (χ3n) is 1.78. The van der Waals surface area contributed by atoms with E-state index in [1.54, 1.807) is 13.3 Å². The number of carbonyl (C=O) groups excluding carboxylic acids is 1. The predicted molar refractivity (Wildman–Crippen MR) is 54.9 cm³/mol. The van der Waals surface area contributed by atoms with Gasteiger partial charge in [0.05, 0.1) is 5.25 Å².